The highest BCUT2D eigenvalue weighted by atomic mass is 14.7. The second kappa shape index (κ2) is 4.82. The number of aryl methyl sites for hydroxylation is 2. The quantitative estimate of drug-likeness (QED) is 0.764. The third-order valence-electron chi connectivity index (χ3n) is 4.30. The van der Waals surface area contributed by atoms with Crippen LogP contribution in [0.4, 0.5) is 0 Å². The zero-order valence-electron chi connectivity index (χ0n) is 11.5. The highest BCUT2D eigenvalue weighted by molar-refractivity contribution is 5.44. The SMILES string of the molecule is Cc1cccc(C2(N)CCCCc3ccccc32)c1. The lowest BCUT2D eigenvalue weighted by Crippen LogP contribution is -2.38. The van der Waals surface area contributed by atoms with Gasteiger partial charge in [0.2, 0.25) is 0 Å². The molecule has 0 amide bonds. The van der Waals surface area contributed by atoms with Crippen LogP contribution in [0.5, 0.6) is 0 Å². The summed E-state index contributed by atoms with van der Waals surface area (Å²) in [5, 5.41) is 0. The average molecular weight is 251 g/mol. The molecule has 0 saturated carbocycles. The number of nitrogens with two attached hydrogens (primary N) is 1. The summed E-state index contributed by atoms with van der Waals surface area (Å²) in [5.41, 5.74) is 11.8. The standard InChI is InChI=1S/C18H21N/c1-14-7-6-10-16(13-14)18(19)12-5-4-9-15-8-2-3-11-17(15)18/h2-3,6-8,10-11,13H,4-5,9,12,19H2,1H3. The lowest BCUT2D eigenvalue weighted by Gasteiger charge is -2.31. The van der Waals surface area contributed by atoms with Gasteiger partial charge in [0, 0.05) is 0 Å². The van der Waals surface area contributed by atoms with Gasteiger partial charge in [0.1, 0.15) is 0 Å². The smallest absolute Gasteiger partial charge is 0.0668 e. The number of rotatable bonds is 1. The van der Waals surface area contributed by atoms with Crippen LogP contribution < -0.4 is 5.73 Å². The third kappa shape index (κ3) is 2.19. The summed E-state index contributed by atoms with van der Waals surface area (Å²) in [5.74, 6) is 0. The van der Waals surface area contributed by atoms with E-state index in [2.05, 4.69) is 55.5 Å². The van der Waals surface area contributed by atoms with Crippen LogP contribution in [-0.2, 0) is 12.0 Å². The van der Waals surface area contributed by atoms with Crippen molar-refractivity contribution in [2.45, 2.75) is 38.1 Å². The molecule has 0 spiro atoms. The summed E-state index contributed by atoms with van der Waals surface area (Å²) in [6.45, 7) is 2.13. The van der Waals surface area contributed by atoms with Crippen LogP contribution in [0.25, 0.3) is 0 Å². The Morgan fingerprint density at radius 2 is 1.84 bits per heavy atom. The Bertz CT molecular complexity index is 588. The Hall–Kier alpha value is -1.60. The molecule has 0 radical (unpaired) electrons. The van der Waals surface area contributed by atoms with Gasteiger partial charge in [0.25, 0.3) is 0 Å². The molecule has 2 aromatic rings. The summed E-state index contributed by atoms with van der Waals surface area (Å²) in [4.78, 5) is 0. The van der Waals surface area contributed by atoms with Gasteiger partial charge in [0.15, 0.2) is 0 Å². The van der Waals surface area contributed by atoms with E-state index in [0.29, 0.717) is 0 Å². The van der Waals surface area contributed by atoms with Gasteiger partial charge < -0.3 is 5.73 Å². The van der Waals surface area contributed by atoms with Crippen LogP contribution in [0.1, 0.15) is 41.5 Å². The van der Waals surface area contributed by atoms with Gasteiger partial charge in [-0.25, -0.2) is 0 Å². The first-order chi connectivity index (χ1) is 9.20. The van der Waals surface area contributed by atoms with E-state index in [9.17, 15) is 0 Å². The minimum atomic E-state index is -0.320. The second-order valence-electron chi connectivity index (χ2n) is 5.71. The predicted molar refractivity (Wildman–Crippen MR) is 80.1 cm³/mol. The van der Waals surface area contributed by atoms with E-state index in [-0.39, 0.29) is 5.54 Å². The van der Waals surface area contributed by atoms with Crippen molar-refractivity contribution in [1.29, 1.82) is 0 Å². The topological polar surface area (TPSA) is 26.0 Å². The Kier molecular flexibility index (Phi) is 3.16. The molecule has 1 aliphatic carbocycles. The van der Waals surface area contributed by atoms with Crippen LogP contribution in [0.3, 0.4) is 0 Å². The molecule has 1 aliphatic rings. The van der Waals surface area contributed by atoms with Crippen molar-refractivity contribution >= 4 is 0 Å². The number of benzene rings is 2. The molecule has 1 heteroatoms. The number of hydrogen-bond acceptors (Lipinski definition) is 1. The largest absolute Gasteiger partial charge is 0.318 e. The van der Waals surface area contributed by atoms with Crippen molar-refractivity contribution in [3.63, 3.8) is 0 Å². The average Bonchev–Trinajstić information content (AvgIpc) is 2.60. The fourth-order valence-corrected chi connectivity index (χ4v) is 3.25. The molecule has 2 aromatic carbocycles. The van der Waals surface area contributed by atoms with Crippen molar-refractivity contribution in [3.05, 3.63) is 70.8 Å². The van der Waals surface area contributed by atoms with Crippen molar-refractivity contribution in [2.75, 3.05) is 0 Å². The Balaban J connectivity index is 2.17. The molecular weight excluding hydrogens is 230 g/mol. The fourth-order valence-electron chi connectivity index (χ4n) is 3.25. The lowest BCUT2D eigenvalue weighted by atomic mass is 9.79. The minimum Gasteiger partial charge on any atom is -0.318 e. The zero-order chi connectivity index (χ0) is 13.3. The maximum Gasteiger partial charge on any atom is 0.0668 e. The summed E-state index contributed by atoms with van der Waals surface area (Å²) >= 11 is 0. The van der Waals surface area contributed by atoms with Gasteiger partial charge in [-0.3, -0.25) is 0 Å². The molecule has 0 aromatic heterocycles. The molecule has 1 unspecified atom stereocenters. The zero-order valence-corrected chi connectivity index (χ0v) is 11.5. The molecular formula is C18H21N. The van der Waals surface area contributed by atoms with Crippen molar-refractivity contribution in [1.82, 2.24) is 0 Å². The van der Waals surface area contributed by atoms with E-state index < -0.39 is 0 Å². The Morgan fingerprint density at radius 1 is 1.00 bits per heavy atom. The van der Waals surface area contributed by atoms with Crippen LogP contribution >= 0.6 is 0 Å². The van der Waals surface area contributed by atoms with Gasteiger partial charge in [-0.1, -0.05) is 60.5 Å². The van der Waals surface area contributed by atoms with Gasteiger partial charge in [-0.05, 0) is 42.9 Å². The molecule has 0 bridgehead atoms. The summed E-state index contributed by atoms with van der Waals surface area (Å²) in [6, 6.07) is 17.4. The minimum absolute atomic E-state index is 0.320. The van der Waals surface area contributed by atoms with E-state index in [4.69, 9.17) is 5.73 Å². The van der Waals surface area contributed by atoms with E-state index in [0.717, 1.165) is 12.8 Å². The molecule has 98 valence electrons. The lowest BCUT2D eigenvalue weighted by molar-refractivity contribution is 0.479. The molecule has 0 saturated heterocycles. The third-order valence-corrected chi connectivity index (χ3v) is 4.30. The van der Waals surface area contributed by atoms with Crippen LogP contribution in [-0.4, -0.2) is 0 Å². The highest BCUT2D eigenvalue weighted by Gasteiger charge is 2.32. The highest BCUT2D eigenvalue weighted by Crippen LogP contribution is 2.37. The molecule has 0 heterocycles. The molecule has 1 nitrogen and oxygen atoms in total. The van der Waals surface area contributed by atoms with Gasteiger partial charge in [-0.2, -0.15) is 0 Å². The van der Waals surface area contributed by atoms with E-state index in [1.165, 1.54) is 35.1 Å². The van der Waals surface area contributed by atoms with Crippen LogP contribution in [0.2, 0.25) is 0 Å². The Labute approximate surface area is 115 Å². The summed E-state index contributed by atoms with van der Waals surface area (Å²) < 4.78 is 0. The van der Waals surface area contributed by atoms with Crippen LogP contribution in [0, 0.1) is 6.92 Å². The van der Waals surface area contributed by atoms with E-state index in [1.54, 1.807) is 0 Å². The number of hydrogen-bond donors (Lipinski definition) is 1. The summed E-state index contributed by atoms with van der Waals surface area (Å²) in [6.07, 6.45) is 4.62. The van der Waals surface area contributed by atoms with Gasteiger partial charge in [-0.15, -0.1) is 0 Å². The molecule has 1 atom stereocenters. The first-order valence-electron chi connectivity index (χ1n) is 7.14. The monoisotopic (exact) mass is 251 g/mol. The van der Waals surface area contributed by atoms with Crippen molar-refractivity contribution in [2.24, 2.45) is 5.73 Å². The molecule has 0 fully saturated rings. The fraction of sp³-hybridized carbons (Fsp3) is 0.333. The second-order valence-corrected chi connectivity index (χ2v) is 5.71. The van der Waals surface area contributed by atoms with E-state index in [1.807, 2.05) is 0 Å². The first-order valence-corrected chi connectivity index (χ1v) is 7.14. The summed E-state index contributed by atoms with van der Waals surface area (Å²) in [7, 11) is 0. The normalized spacial score (nSPS) is 22.6. The molecule has 3 rings (SSSR count). The maximum absolute atomic E-state index is 6.86. The molecule has 19 heavy (non-hydrogen) atoms. The Morgan fingerprint density at radius 3 is 2.68 bits per heavy atom. The van der Waals surface area contributed by atoms with Crippen molar-refractivity contribution < 1.29 is 0 Å². The van der Waals surface area contributed by atoms with E-state index >= 15 is 0 Å². The first kappa shape index (κ1) is 12.4. The molecule has 0 aliphatic heterocycles. The van der Waals surface area contributed by atoms with Crippen molar-refractivity contribution in [3.8, 4) is 0 Å². The molecule has 2 N–H and O–H groups in total. The van der Waals surface area contributed by atoms with Gasteiger partial charge in [0.05, 0.1) is 5.54 Å². The van der Waals surface area contributed by atoms with Crippen LogP contribution in [0.15, 0.2) is 48.5 Å². The maximum atomic E-state index is 6.86. The van der Waals surface area contributed by atoms with Gasteiger partial charge >= 0.3 is 0 Å². The number of fused-ring (bicyclic) bond motifs is 1. The predicted octanol–water partition coefficient (Wildman–Crippen LogP) is 3.92.